The summed E-state index contributed by atoms with van der Waals surface area (Å²) in [5.41, 5.74) is 0. The van der Waals surface area contributed by atoms with Crippen LogP contribution in [0.4, 0.5) is 0 Å². The van der Waals surface area contributed by atoms with Gasteiger partial charge in [-0.15, -0.1) is 0 Å². The van der Waals surface area contributed by atoms with Crippen LogP contribution in [0.5, 0.6) is 0 Å². The lowest BCUT2D eigenvalue weighted by Crippen LogP contribution is -2.38. The average molecular weight is 175 g/mol. The lowest BCUT2D eigenvalue weighted by Gasteiger charge is -2.27. The highest BCUT2D eigenvalue weighted by molar-refractivity contribution is 7.92. The van der Waals surface area contributed by atoms with Crippen molar-refractivity contribution in [3.63, 3.8) is 0 Å². The van der Waals surface area contributed by atoms with Crippen molar-refractivity contribution in [1.29, 1.82) is 0 Å². The summed E-state index contributed by atoms with van der Waals surface area (Å²) in [6.45, 7) is 6.17. The molecule has 0 bridgehead atoms. The molecule has 1 heterocycles. The van der Waals surface area contributed by atoms with Gasteiger partial charge in [0.05, 0.1) is 0 Å². The predicted octanol–water partition coefficient (Wildman–Crippen LogP) is 0.895. The quantitative estimate of drug-likeness (QED) is 0.633. The average Bonchev–Trinajstić information content (AvgIpc) is 2.05. The van der Waals surface area contributed by atoms with Crippen LogP contribution in [0.2, 0.25) is 0 Å². The Morgan fingerprint density at radius 1 is 1.36 bits per heavy atom. The van der Waals surface area contributed by atoms with Crippen LogP contribution < -0.4 is 5.32 Å². The SMILES string of the molecule is CC(C)[S+]([O-])C1CCNCC1. The molecule has 1 fully saturated rings. The van der Waals surface area contributed by atoms with Gasteiger partial charge >= 0.3 is 0 Å². The van der Waals surface area contributed by atoms with Gasteiger partial charge in [0.25, 0.3) is 0 Å². The summed E-state index contributed by atoms with van der Waals surface area (Å²) in [5.74, 6) is 0. The van der Waals surface area contributed by atoms with Crippen LogP contribution in [0.15, 0.2) is 0 Å². The van der Waals surface area contributed by atoms with E-state index in [0.29, 0.717) is 10.5 Å². The Labute approximate surface area is 71.9 Å². The van der Waals surface area contributed by atoms with Crippen molar-refractivity contribution in [2.24, 2.45) is 0 Å². The maximum atomic E-state index is 11.6. The van der Waals surface area contributed by atoms with Gasteiger partial charge in [-0.3, -0.25) is 0 Å². The zero-order chi connectivity index (χ0) is 8.27. The van der Waals surface area contributed by atoms with Crippen LogP contribution in [0.3, 0.4) is 0 Å². The second kappa shape index (κ2) is 4.33. The molecule has 1 atom stereocenters. The number of hydrogen-bond acceptors (Lipinski definition) is 2. The maximum Gasteiger partial charge on any atom is 0.118 e. The molecule has 0 spiro atoms. The van der Waals surface area contributed by atoms with Crippen molar-refractivity contribution in [2.75, 3.05) is 13.1 Å². The second-order valence-corrected chi connectivity index (χ2v) is 5.59. The fourth-order valence-electron chi connectivity index (χ4n) is 1.41. The van der Waals surface area contributed by atoms with E-state index in [0.717, 1.165) is 25.9 Å². The second-order valence-electron chi connectivity index (χ2n) is 3.33. The molecule has 1 saturated heterocycles. The molecule has 0 aromatic rings. The molecule has 2 nitrogen and oxygen atoms in total. The number of hydrogen-bond donors (Lipinski definition) is 1. The number of nitrogens with one attached hydrogen (secondary N) is 1. The Morgan fingerprint density at radius 2 is 1.91 bits per heavy atom. The van der Waals surface area contributed by atoms with Gasteiger partial charge < -0.3 is 9.87 Å². The van der Waals surface area contributed by atoms with Crippen LogP contribution in [0.25, 0.3) is 0 Å². The zero-order valence-corrected chi connectivity index (χ0v) is 8.12. The first kappa shape index (κ1) is 9.36. The fourth-order valence-corrected chi connectivity index (χ4v) is 2.88. The third-order valence-corrected chi connectivity index (χ3v) is 4.14. The molecule has 0 aromatic heterocycles. The minimum absolute atomic E-state index is 0.332. The van der Waals surface area contributed by atoms with Crippen molar-refractivity contribution in [3.05, 3.63) is 0 Å². The molecular formula is C8H17NOS. The fraction of sp³-hybridized carbons (Fsp3) is 1.00. The molecule has 0 aliphatic carbocycles. The first-order valence-corrected chi connectivity index (χ1v) is 5.59. The summed E-state index contributed by atoms with van der Waals surface area (Å²) in [4.78, 5) is 0. The van der Waals surface area contributed by atoms with Crippen molar-refractivity contribution in [1.82, 2.24) is 5.32 Å². The van der Waals surface area contributed by atoms with Crippen LogP contribution in [0.1, 0.15) is 26.7 Å². The molecule has 0 aromatic carbocycles. The van der Waals surface area contributed by atoms with E-state index in [1.165, 1.54) is 0 Å². The van der Waals surface area contributed by atoms with Crippen molar-refractivity contribution >= 4 is 11.2 Å². The maximum absolute atomic E-state index is 11.6. The highest BCUT2D eigenvalue weighted by Gasteiger charge is 2.26. The topological polar surface area (TPSA) is 35.1 Å². The molecule has 1 rings (SSSR count). The Kier molecular flexibility index (Phi) is 3.69. The zero-order valence-electron chi connectivity index (χ0n) is 7.30. The molecule has 66 valence electrons. The minimum atomic E-state index is -0.598. The Morgan fingerprint density at radius 3 is 2.36 bits per heavy atom. The molecule has 1 unspecified atom stereocenters. The van der Waals surface area contributed by atoms with Gasteiger partial charge in [0.1, 0.15) is 10.5 Å². The van der Waals surface area contributed by atoms with Gasteiger partial charge in [-0.2, -0.15) is 0 Å². The van der Waals surface area contributed by atoms with E-state index in [2.05, 4.69) is 5.32 Å². The third-order valence-electron chi connectivity index (χ3n) is 2.08. The molecule has 0 saturated carbocycles. The summed E-state index contributed by atoms with van der Waals surface area (Å²) < 4.78 is 11.6. The van der Waals surface area contributed by atoms with Gasteiger partial charge in [-0.05, 0) is 38.1 Å². The largest absolute Gasteiger partial charge is 0.616 e. The lowest BCUT2D eigenvalue weighted by atomic mass is 10.2. The van der Waals surface area contributed by atoms with Gasteiger partial charge in [0.2, 0.25) is 0 Å². The Hall–Kier alpha value is 0.270. The first-order valence-electron chi connectivity index (χ1n) is 4.32. The molecule has 3 heteroatoms. The van der Waals surface area contributed by atoms with Crippen molar-refractivity contribution < 1.29 is 4.55 Å². The van der Waals surface area contributed by atoms with Gasteiger partial charge in [0, 0.05) is 12.8 Å². The molecule has 1 aliphatic heterocycles. The van der Waals surface area contributed by atoms with Crippen LogP contribution >= 0.6 is 0 Å². The standard InChI is InChI=1S/C8H17NOS/c1-7(2)11(10)8-3-5-9-6-4-8/h7-9H,3-6H2,1-2H3. The minimum Gasteiger partial charge on any atom is -0.616 e. The van der Waals surface area contributed by atoms with Gasteiger partial charge in [-0.25, -0.2) is 0 Å². The molecule has 0 amide bonds. The van der Waals surface area contributed by atoms with E-state index in [1.807, 2.05) is 13.8 Å². The van der Waals surface area contributed by atoms with E-state index in [1.54, 1.807) is 0 Å². The van der Waals surface area contributed by atoms with Gasteiger partial charge in [-0.1, -0.05) is 0 Å². The summed E-state index contributed by atoms with van der Waals surface area (Å²) in [7, 11) is 0. The van der Waals surface area contributed by atoms with E-state index in [4.69, 9.17) is 0 Å². The Bertz CT molecular complexity index is 113. The molecule has 0 radical (unpaired) electrons. The molecule has 11 heavy (non-hydrogen) atoms. The van der Waals surface area contributed by atoms with Crippen LogP contribution in [-0.2, 0) is 11.2 Å². The van der Waals surface area contributed by atoms with Crippen molar-refractivity contribution in [2.45, 2.75) is 37.2 Å². The predicted molar refractivity (Wildman–Crippen MR) is 49.2 cm³/mol. The van der Waals surface area contributed by atoms with Gasteiger partial charge in [0.15, 0.2) is 0 Å². The van der Waals surface area contributed by atoms with E-state index < -0.39 is 11.2 Å². The molecule has 1 aliphatic rings. The van der Waals surface area contributed by atoms with E-state index in [-0.39, 0.29) is 0 Å². The summed E-state index contributed by atoms with van der Waals surface area (Å²) in [5, 5.41) is 4.06. The monoisotopic (exact) mass is 175 g/mol. The summed E-state index contributed by atoms with van der Waals surface area (Å²) in [6.07, 6.45) is 2.18. The van der Waals surface area contributed by atoms with Crippen molar-refractivity contribution in [3.8, 4) is 0 Å². The number of rotatable bonds is 2. The highest BCUT2D eigenvalue weighted by Crippen LogP contribution is 2.17. The van der Waals surface area contributed by atoms with E-state index in [9.17, 15) is 4.55 Å². The smallest absolute Gasteiger partial charge is 0.118 e. The van der Waals surface area contributed by atoms with E-state index >= 15 is 0 Å². The Balaban J connectivity index is 2.32. The summed E-state index contributed by atoms with van der Waals surface area (Å²) >= 11 is -0.598. The normalized spacial score (nSPS) is 24.0. The number of piperidine rings is 1. The highest BCUT2D eigenvalue weighted by atomic mass is 32.2. The summed E-state index contributed by atoms with van der Waals surface area (Å²) in [6, 6.07) is 0. The third kappa shape index (κ3) is 2.65. The van der Waals surface area contributed by atoms with Crippen LogP contribution in [0, 0.1) is 0 Å². The first-order chi connectivity index (χ1) is 5.22. The van der Waals surface area contributed by atoms with Crippen LogP contribution in [-0.4, -0.2) is 28.1 Å². The molecule has 1 N–H and O–H groups in total. The lowest BCUT2D eigenvalue weighted by molar-refractivity contribution is 0.492. The molecular weight excluding hydrogens is 158 g/mol.